The number of likely N-dealkylation sites (tertiary alicyclic amines) is 1. The molecule has 0 radical (unpaired) electrons. The van der Waals surface area contributed by atoms with Gasteiger partial charge in [0.25, 0.3) is 11.6 Å². The SMILES string of the molecule is CC1(CN)CCN(C(=O)c2ccn(-c3ccccc3[N+](=O)[O-])n2)C1.Cl. The van der Waals surface area contributed by atoms with Crippen LogP contribution < -0.4 is 5.73 Å². The van der Waals surface area contributed by atoms with Crippen molar-refractivity contribution in [2.24, 2.45) is 11.1 Å². The van der Waals surface area contributed by atoms with E-state index in [1.165, 1.54) is 10.7 Å². The maximum Gasteiger partial charge on any atom is 0.294 e. The van der Waals surface area contributed by atoms with Gasteiger partial charge in [-0.05, 0) is 30.5 Å². The Morgan fingerprint density at radius 1 is 1.40 bits per heavy atom. The molecule has 0 bridgehead atoms. The summed E-state index contributed by atoms with van der Waals surface area (Å²) in [7, 11) is 0. The Hall–Kier alpha value is -2.45. The predicted octanol–water partition coefficient (Wildman–Crippen LogP) is 2.01. The highest BCUT2D eigenvalue weighted by molar-refractivity contribution is 5.92. The average Bonchev–Trinajstić information content (AvgIpc) is 3.22. The second-order valence-electron chi connectivity index (χ2n) is 6.38. The van der Waals surface area contributed by atoms with Crippen molar-refractivity contribution in [3.63, 3.8) is 0 Å². The lowest BCUT2D eigenvalue weighted by Gasteiger charge is -2.22. The van der Waals surface area contributed by atoms with Crippen molar-refractivity contribution >= 4 is 24.0 Å². The van der Waals surface area contributed by atoms with Crippen LogP contribution in [0.1, 0.15) is 23.8 Å². The van der Waals surface area contributed by atoms with E-state index in [1.807, 2.05) is 0 Å². The van der Waals surface area contributed by atoms with Crippen molar-refractivity contribution in [3.05, 3.63) is 52.3 Å². The predicted molar refractivity (Wildman–Crippen MR) is 95.1 cm³/mol. The number of hydrogen-bond donors (Lipinski definition) is 1. The first-order valence-corrected chi connectivity index (χ1v) is 7.72. The Kier molecular flexibility index (Phi) is 5.44. The summed E-state index contributed by atoms with van der Waals surface area (Å²) in [6.07, 6.45) is 2.42. The minimum atomic E-state index is -0.467. The molecule has 25 heavy (non-hydrogen) atoms. The van der Waals surface area contributed by atoms with Gasteiger partial charge >= 0.3 is 0 Å². The number of nitro benzene ring substituents is 1. The maximum absolute atomic E-state index is 12.6. The number of benzene rings is 1. The standard InChI is InChI=1S/C16H19N5O3.ClH/c1-16(10-17)7-9-19(11-16)15(22)12-6-8-20(18-12)13-4-2-3-5-14(13)21(23)24;/h2-6,8H,7,9-11,17H2,1H3;1H. The van der Waals surface area contributed by atoms with Crippen LogP contribution in [0.4, 0.5) is 5.69 Å². The Balaban J connectivity index is 0.00000225. The van der Waals surface area contributed by atoms with Crippen LogP contribution in [0.15, 0.2) is 36.5 Å². The average molecular weight is 366 g/mol. The molecule has 1 amide bonds. The fourth-order valence-electron chi connectivity index (χ4n) is 2.91. The van der Waals surface area contributed by atoms with E-state index in [1.54, 1.807) is 35.4 Å². The van der Waals surface area contributed by atoms with Gasteiger partial charge in [-0.25, -0.2) is 4.68 Å². The normalized spacial score (nSPS) is 19.5. The summed E-state index contributed by atoms with van der Waals surface area (Å²) < 4.78 is 1.36. The van der Waals surface area contributed by atoms with Crippen LogP contribution in [0.3, 0.4) is 0 Å². The molecule has 0 spiro atoms. The number of nitro groups is 1. The van der Waals surface area contributed by atoms with Crippen LogP contribution in [-0.2, 0) is 0 Å². The molecule has 8 nitrogen and oxygen atoms in total. The zero-order valence-corrected chi connectivity index (χ0v) is 14.6. The van der Waals surface area contributed by atoms with Gasteiger partial charge in [-0.15, -0.1) is 12.4 Å². The highest BCUT2D eigenvalue weighted by Crippen LogP contribution is 2.29. The Labute approximate surface area is 151 Å². The lowest BCUT2D eigenvalue weighted by atomic mass is 9.90. The molecule has 2 aromatic rings. The number of amides is 1. The van der Waals surface area contributed by atoms with Crippen LogP contribution in [0.25, 0.3) is 5.69 Å². The first-order chi connectivity index (χ1) is 11.4. The van der Waals surface area contributed by atoms with Gasteiger partial charge in [0, 0.05) is 25.4 Å². The van der Waals surface area contributed by atoms with E-state index in [2.05, 4.69) is 12.0 Å². The molecule has 1 aromatic carbocycles. The Morgan fingerprint density at radius 3 is 2.76 bits per heavy atom. The fourth-order valence-corrected chi connectivity index (χ4v) is 2.91. The number of para-hydroxylation sites is 2. The lowest BCUT2D eigenvalue weighted by molar-refractivity contribution is -0.384. The first kappa shape index (κ1) is 18.9. The van der Waals surface area contributed by atoms with E-state index in [-0.39, 0.29) is 35.1 Å². The molecule has 1 atom stereocenters. The molecule has 1 aliphatic heterocycles. The molecular weight excluding hydrogens is 346 g/mol. The van der Waals surface area contributed by atoms with Crippen molar-refractivity contribution in [1.82, 2.24) is 14.7 Å². The second kappa shape index (κ2) is 7.20. The molecule has 0 saturated carbocycles. The first-order valence-electron chi connectivity index (χ1n) is 7.72. The number of carbonyl (C=O) groups excluding carboxylic acids is 1. The molecule has 1 aromatic heterocycles. The number of rotatable bonds is 4. The molecule has 1 fully saturated rings. The Morgan fingerprint density at radius 2 is 2.12 bits per heavy atom. The van der Waals surface area contributed by atoms with Crippen molar-refractivity contribution in [2.45, 2.75) is 13.3 Å². The third-order valence-electron chi connectivity index (χ3n) is 4.47. The number of aromatic nitrogens is 2. The van der Waals surface area contributed by atoms with Gasteiger partial charge in [0.05, 0.1) is 4.92 Å². The van der Waals surface area contributed by atoms with Crippen LogP contribution in [0.5, 0.6) is 0 Å². The highest BCUT2D eigenvalue weighted by atomic mass is 35.5. The summed E-state index contributed by atoms with van der Waals surface area (Å²) in [5.41, 5.74) is 6.26. The third-order valence-corrected chi connectivity index (χ3v) is 4.47. The third kappa shape index (κ3) is 3.64. The number of halogens is 1. The molecule has 1 unspecified atom stereocenters. The zero-order valence-electron chi connectivity index (χ0n) is 13.8. The van der Waals surface area contributed by atoms with E-state index >= 15 is 0 Å². The maximum atomic E-state index is 12.6. The van der Waals surface area contributed by atoms with Crippen LogP contribution in [-0.4, -0.2) is 45.1 Å². The summed E-state index contributed by atoms with van der Waals surface area (Å²) in [5, 5.41) is 15.4. The molecular formula is C16H20ClN5O3. The number of nitrogens with zero attached hydrogens (tertiary/aromatic N) is 4. The molecule has 0 aliphatic carbocycles. The second-order valence-corrected chi connectivity index (χ2v) is 6.38. The number of carbonyl (C=O) groups is 1. The summed E-state index contributed by atoms with van der Waals surface area (Å²) in [6.45, 7) is 3.83. The smallest absolute Gasteiger partial charge is 0.294 e. The minimum Gasteiger partial charge on any atom is -0.337 e. The summed E-state index contributed by atoms with van der Waals surface area (Å²) in [5.74, 6) is -0.176. The quantitative estimate of drug-likeness (QED) is 0.658. The molecule has 2 heterocycles. The van der Waals surface area contributed by atoms with Gasteiger partial charge in [-0.1, -0.05) is 19.1 Å². The van der Waals surface area contributed by atoms with Crippen molar-refractivity contribution in [3.8, 4) is 5.69 Å². The van der Waals surface area contributed by atoms with Gasteiger partial charge < -0.3 is 10.6 Å². The zero-order chi connectivity index (χ0) is 17.3. The largest absolute Gasteiger partial charge is 0.337 e. The molecule has 2 N–H and O–H groups in total. The summed E-state index contributed by atoms with van der Waals surface area (Å²) in [4.78, 5) is 25.0. The van der Waals surface area contributed by atoms with E-state index in [0.717, 1.165) is 6.42 Å². The molecule has 3 rings (SSSR count). The van der Waals surface area contributed by atoms with Crippen molar-refractivity contribution in [1.29, 1.82) is 0 Å². The van der Waals surface area contributed by atoms with E-state index in [0.29, 0.717) is 25.3 Å². The number of hydrogen-bond acceptors (Lipinski definition) is 5. The molecule has 1 saturated heterocycles. The van der Waals surface area contributed by atoms with Crippen molar-refractivity contribution in [2.75, 3.05) is 19.6 Å². The Bertz CT molecular complexity index is 794. The van der Waals surface area contributed by atoms with Crippen LogP contribution in [0.2, 0.25) is 0 Å². The van der Waals surface area contributed by atoms with E-state index < -0.39 is 4.92 Å². The monoisotopic (exact) mass is 365 g/mol. The van der Waals surface area contributed by atoms with Gasteiger partial charge in [-0.3, -0.25) is 14.9 Å². The van der Waals surface area contributed by atoms with Gasteiger partial charge in [0.2, 0.25) is 0 Å². The summed E-state index contributed by atoms with van der Waals surface area (Å²) in [6, 6.07) is 7.87. The van der Waals surface area contributed by atoms with Crippen molar-refractivity contribution < 1.29 is 9.72 Å². The topological polar surface area (TPSA) is 107 Å². The van der Waals surface area contributed by atoms with Gasteiger partial charge in [0.15, 0.2) is 5.69 Å². The van der Waals surface area contributed by atoms with E-state index in [4.69, 9.17) is 5.73 Å². The molecule has 134 valence electrons. The van der Waals surface area contributed by atoms with Crippen LogP contribution in [0, 0.1) is 15.5 Å². The molecule has 1 aliphatic rings. The summed E-state index contributed by atoms with van der Waals surface area (Å²) >= 11 is 0. The minimum absolute atomic E-state index is 0. The highest BCUT2D eigenvalue weighted by Gasteiger charge is 2.35. The van der Waals surface area contributed by atoms with Crippen LogP contribution >= 0.6 is 12.4 Å². The lowest BCUT2D eigenvalue weighted by Crippen LogP contribution is -2.34. The van der Waals surface area contributed by atoms with E-state index in [9.17, 15) is 14.9 Å². The number of nitrogens with two attached hydrogens (primary N) is 1. The van der Waals surface area contributed by atoms with Gasteiger partial charge in [-0.2, -0.15) is 5.10 Å². The fraction of sp³-hybridized carbons (Fsp3) is 0.375. The molecule has 9 heteroatoms. The van der Waals surface area contributed by atoms with Gasteiger partial charge in [0.1, 0.15) is 5.69 Å².